The zero-order valence-electron chi connectivity index (χ0n) is 18.2. The minimum Gasteiger partial charge on any atom is -0.756 e. The molecule has 2 unspecified atom stereocenters. The Morgan fingerprint density at radius 1 is 1.24 bits per heavy atom. The van der Waals surface area contributed by atoms with Crippen LogP contribution < -0.4 is 26.8 Å². The van der Waals surface area contributed by atoms with Crippen LogP contribution in [0.3, 0.4) is 0 Å². The van der Waals surface area contributed by atoms with Crippen molar-refractivity contribution in [2.24, 2.45) is 0 Å². The van der Waals surface area contributed by atoms with E-state index in [0.717, 1.165) is 4.57 Å². The van der Waals surface area contributed by atoms with Crippen molar-refractivity contribution < 1.29 is 57.7 Å². The summed E-state index contributed by atoms with van der Waals surface area (Å²) in [5, 5.41) is 20.1. The van der Waals surface area contributed by atoms with Gasteiger partial charge in [0.25, 0.3) is 21.2 Å². The number of phosphoric acid groups is 2. The van der Waals surface area contributed by atoms with Crippen molar-refractivity contribution in [2.45, 2.75) is 69.7 Å². The molecular formula is C16H26N3O13P2-. The number of aliphatic hydroxyl groups excluding tert-OH is 2. The predicted octanol–water partition coefficient (Wildman–Crippen LogP) is -3.41. The van der Waals surface area contributed by atoms with E-state index in [1.54, 1.807) is 6.92 Å². The number of hydrogen-bond donors (Lipinski definition) is 4. The molecule has 1 aromatic rings. The highest BCUT2D eigenvalue weighted by Crippen LogP contribution is 2.56. The molecule has 16 nitrogen and oxygen atoms in total. The average molecular weight is 530 g/mol. The van der Waals surface area contributed by atoms with Gasteiger partial charge >= 0.3 is 5.69 Å². The van der Waals surface area contributed by atoms with E-state index in [0.29, 0.717) is 6.42 Å². The summed E-state index contributed by atoms with van der Waals surface area (Å²) in [6.45, 7) is 2.18. The van der Waals surface area contributed by atoms with Gasteiger partial charge in [-0.2, -0.15) is 0 Å². The predicted molar refractivity (Wildman–Crippen MR) is 106 cm³/mol. The van der Waals surface area contributed by atoms with Crippen LogP contribution in [0, 0.1) is 6.92 Å². The lowest BCUT2D eigenvalue weighted by Crippen LogP contribution is -2.71. The third kappa shape index (κ3) is 6.69. The zero-order valence-corrected chi connectivity index (χ0v) is 20.0. The summed E-state index contributed by atoms with van der Waals surface area (Å²) in [5.41, 5.74) is 2.45. The van der Waals surface area contributed by atoms with Gasteiger partial charge in [-0.25, -0.2) is 9.11 Å². The quantitative estimate of drug-likeness (QED) is 0.239. The molecule has 9 atom stereocenters. The third-order valence-electron chi connectivity index (χ3n) is 5.25. The summed E-state index contributed by atoms with van der Waals surface area (Å²) in [6, 6.07) is -0.628. The minimum atomic E-state index is -5.57. The summed E-state index contributed by atoms with van der Waals surface area (Å²) in [5.74, 6) is 0. The number of ether oxygens (including phenoxy) is 2. The zero-order chi connectivity index (χ0) is 25.4. The Morgan fingerprint density at radius 3 is 2.59 bits per heavy atom. The van der Waals surface area contributed by atoms with E-state index in [1.807, 2.05) is 0 Å². The van der Waals surface area contributed by atoms with Gasteiger partial charge in [-0.15, -0.1) is 0 Å². The molecule has 0 bridgehead atoms. The highest BCUT2D eigenvalue weighted by atomic mass is 31.3. The fourth-order valence-electron chi connectivity index (χ4n) is 3.53. The maximum atomic E-state index is 12.0. The molecule has 194 valence electrons. The standard InChI is InChI=1S/C16H27N3O13P2/c1-7-5-19(16(23)18-14(7)22)12-4-10(20)11(30-12)6-28-33(24,25)32-34(26,27)31-15-13(21)9(17)3-8(2)29-15/h5,8-13,15,20-21H,3-4,6,17H2,1-2H3,(H,24,25)(H,26,27)(H,18,22,23)/p-1/t8-,9+,10+,11-,12-,13-,15-/m1/s1. The van der Waals surface area contributed by atoms with E-state index in [-0.39, 0.29) is 12.0 Å². The van der Waals surface area contributed by atoms with E-state index >= 15 is 0 Å². The highest BCUT2D eigenvalue weighted by Gasteiger charge is 2.41. The first-order valence-electron chi connectivity index (χ1n) is 10.2. The first-order chi connectivity index (χ1) is 15.7. The van der Waals surface area contributed by atoms with Crippen molar-refractivity contribution in [3.8, 4) is 0 Å². The Hall–Kier alpha value is -1.26. The summed E-state index contributed by atoms with van der Waals surface area (Å²) in [7, 11) is -11.1. The molecule has 2 aliphatic rings. The molecule has 34 heavy (non-hydrogen) atoms. The first kappa shape index (κ1) is 27.3. The number of phosphoric ester groups is 2. The Bertz CT molecular complexity index is 1090. The van der Waals surface area contributed by atoms with Crippen molar-refractivity contribution in [1.29, 1.82) is 0 Å². The number of aromatic amines is 1. The molecule has 0 spiro atoms. The van der Waals surface area contributed by atoms with Gasteiger partial charge in [-0.05, 0) is 13.8 Å². The maximum Gasteiger partial charge on any atom is 0.330 e. The summed E-state index contributed by atoms with van der Waals surface area (Å²) in [4.78, 5) is 49.6. The Kier molecular flexibility index (Phi) is 8.35. The lowest BCUT2D eigenvalue weighted by molar-refractivity contribution is -0.465. The van der Waals surface area contributed by atoms with E-state index in [4.69, 9.17) is 9.47 Å². The van der Waals surface area contributed by atoms with Crippen LogP contribution in [0.2, 0.25) is 0 Å². The third-order valence-corrected chi connectivity index (χ3v) is 7.78. The van der Waals surface area contributed by atoms with Gasteiger partial charge in [-0.1, -0.05) is 0 Å². The SMILES string of the molecule is Cc1cn([C@H]2C[C@H](O)[C@@H](COP(=O)([O-])OP(=O)([O-])O[C@H]3O[C@H](C)C[C@H]([NH3+])[C@H]3O)O2)c(=O)[nH]c1=O. The molecular weight excluding hydrogens is 504 g/mol. The molecule has 1 aromatic heterocycles. The van der Waals surface area contributed by atoms with Crippen molar-refractivity contribution >= 4 is 15.6 Å². The van der Waals surface area contributed by atoms with Crippen LogP contribution in [0.4, 0.5) is 0 Å². The average Bonchev–Trinajstić information content (AvgIpc) is 3.06. The van der Waals surface area contributed by atoms with Gasteiger partial charge in [0.15, 0.2) is 12.4 Å². The molecule has 6 N–H and O–H groups in total. The fraction of sp³-hybridized carbons (Fsp3) is 0.750. The van der Waals surface area contributed by atoms with Crippen LogP contribution in [0.15, 0.2) is 15.8 Å². The van der Waals surface area contributed by atoms with Crippen LogP contribution in [0.25, 0.3) is 0 Å². The van der Waals surface area contributed by atoms with Crippen molar-refractivity contribution in [3.05, 3.63) is 32.6 Å². The second kappa shape index (κ2) is 10.4. The van der Waals surface area contributed by atoms with E-state index in [9.17, 15) is 38.7 Å². The number of aliphatic hydroxyl groups is 2. The lowest BCUT2D eigenvalue weighted by Gasteiger charge is -2.38. The largest absolute Gasteiger partial charge is 0.756 e. The minimum absolute atomic E-state index is 0.145. The molecule has 2 fully saturated rings. The van der Waals surface area contributed by atoms with Crippen LogP contribution in [0.5, 0.6) is 0 Å². The highest BCUT2D eigenvalue weighted by molar-refractivity contribution is 7.59. The van der Waals surface area contributed by atoms with E-state index in [2.05, 4.69) is 24.1 Å². The van der Waals surface area contributed by atoms with Crippen LogP contribution in [0.1, 0.15) is 31.6 Å². The van der Waals surface area contributed by atoms with Crippen molar-refractivity contribution in [3.63, 3.8) is 0 Å². The smallest absolute Gasteiger partial charge is 0.330 e. The fourth-order valence-corrected chi connectivity index (χ4v) is 5.61. The van der Waals surface area contributed by atoms with Gasteiger partial charge < -0.3 is 39.7 Å². The van der Waals surface area contributed by atoms with Gasteiger partial charge in [0.2, 0.25) is 0 Å². The number of quaternary nitrogens is 1. The number of aromatic nitrogens is 2. The second-order valence-electron chi connectivity index (χ2n) is 8.09. The molecule has 0 amide bonds. The van der Waals surface area contributed by atoms with Crippen LogP contribution in [-0.2, 0) is 32.0 Å². The summed E-state index contributed by atoms with van der Waals surface area (Å²) < 4.78 is 48.7. The topological polar surface area (TPSA) is 249 Å². The van der Waals surface area contributed by atoms with Gasteiger partial charge in [-0.3, -0.25) is 28.0 Å². The first-order valence-corrected chi connectivity index (χ1v) is 13.1. The number of rotatable bonds is 8. The number of aryl methyl sites for hydroxylation is 1. The number of nitrogens with one attached hydrogen (secondary N) is 1. The normalized spacial score (nSPS) is 35.6. The molecule has 0 radical (unpaired) electrons. The van der Waals surface area contributed by atoms with E-state index in [1.165, 1.54) is 13.1 Å². The maximum absolute atomic E-state index is 12.0. The van der Waals surface area contributed by atoms with Crippen molar-refractivity contribution in [1.82, 2.24) is 9.55 Å². The molecule has 0 aliphatic carbocycles. The van der Waals surface area contributed by atoms with Crippen LogP contribution >= 0.6 is 15.6 Å². The molecule has 3 rings (SSSR count). The molecule has 2 saturated heterocycles. The number of nitrogens with zero attached hydrogens (tertiary/aromatic N) is 1. The number of hydrogen-bond acceptors (Lipinski definition) is 13. The second-order valence-corrected chi connectivity index (χ2v) is 11.0. The Balaban J connectivity index is 1.58. The molecule has 2 aliphatic heterocycles. The Morgan fingerprint density at radius 2 is 1.91 bits per heavy atom. The Labute approximate surface area is 192 Å². The van der Waals surface area contributed by atoms with Crippen LogP contribution in [-0.4, -0.2) is 63.1 Å². The molecule has 0 saturated carbocycles. The summed E-state index contributed by atoms with van der Waals surface area (Å²) in [6.07, 6.45) is -5.92. The van der Waals surface area contributed by atoms with Gasteiger partial charge in [0.1, 0.15) is 18.4 Å². The lowest BCUT2D eigenvalue weighted by atomic mass is 10.0. The van der Waals surface area contributed by atoms with Crippen molar-refractivity contribution in [2.75, 3.05) is 6.61 Å². The van der Waals surface area contributed by atoms with Gasteiger partial charge in [0, 0.05) is 24.6 Å². The monoisotopic (exact) mass is 530 g/mol. The molecule has 3 heterocycles. The molecule has 18 heteroatoms. The summed E-state index contributed by atoms with van der Waals surface area (Å²) >= 11 is 0. The van der Waals surface area contributed by atoms with E-state index < -0.39 is 76.5 Å². The molecule has 0 aromatic carbocycles. The number of H-pyrrole nitrogens is 1. The van der Waals surface area contributed by atoms with Gasteiger partial charge in [0.05, 0.1) is 18.8 Å².